The molecule has 0 aliphatic carbocycles. The van der Waals surface area contributed by atoms with E-state index in [1.807, 2.05) is 24.3 Å². The summed E-state index contributed by atoms with van der Waals surface area (Å²) in [7, 11) is -4.12. The number of hydrogen-bond acceptors (Lipinski definition) is 7. The largest absolute Gasteiger partial charge is 0.486 e. The first kappa shape index (κ1) is 27.6. The van der Waals surface area contributed by atoms with Crippen molar-refractivity contribution in [3.05, 3.63) is 100 Å². The lowest BCUT2D eigenvalue weighted by molar-refractivity contribution is -0.120. The lowest BCUT2D eigenvalue weighted by atomic mass is 9.95. The van der Waals surface area contributed by atoms with E-state index in [1.165, 1.54) is 28.6 Å². The van der Waals surface area contributed by atoms with Gasteiger partial charge in [0.05, 0.1) is 10.5 Å². The van der Waals surface area contributed by atoms with Gasteiger partial charge in [-0.25, -0.2) is 17.8 Å². The molecule has 0 radical (unpaired) electrons. The van der Waals surface area contributed by atoms with Crippen LogP contribution < -0.4 is 14.8 Å². The third-order valence-electron chi connectivity index (χ3n) is 7.44. The minimum atomic E-state index is -4.12. The number of amides is 1. The molecule has 3 heterocycles. The number of nitrogens with one attached hydrogen (secondary N) is 1. The van der Waals surface area contributed by atoms with E-state index in [4.69, 9.17) is 13.9 Å². The van der Waals surface area contributed by atoms with Crippen molar-refractivity contribution in [2.75, 3.05) is 18.5 Å². The molecule has 9 nitrogen and oxygen atoms in total. The SMILES string of the molecule is O=C(Nc1ccc2oc(-c3cc(F)ccc3Br)nc2c1)C1Cc2ccccc2CN1S(=O)(=O)c1ccc2c(c1)OCCO2. The molecule has 0 saturated heterocycles. The molecule has 1 N–H and O–H groups in total. The number of aromatic nitrogens is 1. The van der Waals surface area contributed by atoms with Crippen LogP contribution in [0.3, 0.4) is 0 Å². The Labute approximate surface area is 254 Å². The van der Waals surface area contributed by atoms with Gasteiger partial charge in [-0.1, -0.05) is 24.3 Å². The molecule has 2 aliphatic rings. The van der Waals surface area contributed by atoms with Gasteiger partial charge in [0.25, 0.3) is 0 Å². The van der Waals surface area contributed by atoms with Crippen molar-refractivity contribution in [1.29, 1.82) is 0 Å². The monoisotopic (exact) mass is 663 g/mol. The molecule has 0 spiro atoms. The number of oxazole rings is 1. The van der Waals surface area contributed by atoms with E-state index in [0.29, 0.717) is 51.5 Å². The highest BCUT2D eigenvalue weighted by Gasteiger charge is 2.40. The highest BCUT2D eigenvalue weighted by Crippen LogP contribution is 2.36. The van der Waals surface area contributed by atoms with Gasteiger partial charge in [0.15, 0.2) is 17.1 Å². The zero-order valence-electron chi connectivity index (χ0n) is 22.4. The Morgan fingerprint density at radius 1 is 0.953 bits per heavy atom. The van der Waals surface area contributed by atoms with Gasteiger partial charge < -0.3 is 19.2 Å². The summed E-state index contributed by atoms with van der Waals surface area (Å²) in [5.41, 5.74) is 3.47. The first-order chi connectivity index (χ1) is 20.8. The number of nitrogens with zero attached hydrogens (tertiary/aromatic N) is 2. The second-order valence-corrected chi connectivity index (χ2v) is 12.9. The van der Waals surface area contributed by atoms with Crippen LogP contribution in [-0.4, -0.2) is 42.9 Å². The Morgan fingerprint density at radius 2 is 1.74 bits per heavy atom. The number of hydrogen-bond donors (Lipinski definition) is 1. The summed E-state index contributed by atoms with van der Waals surface area (Å²) in [4.78, 5) is 18.3. The summed E-state index contributed by atoms with van der Waals surface area (Å²) in [5.74, 6) is 0.103. The maximum atomic E-state index is 14.0. The third kappa shape index (κ3) is 5.15. The van der Waals surface area contributed by atoms with Gasteiger partial charge in [0.1, 0.15) is 30.6 Å². The highest BCUT2D eigenvalue weighted by molar-refractivity contribution is 9.10. The fraction of sp³-hybridized carbons (Fsp3) is 0.161. The highest BCUT2D eigenvalue weighted by atomic mass is 79.9. The van der Waals surface area contributed by atoms with Crippen molar-refractivity contribution in [3.8, 4) is 23.0 Å². The van der Waals surface area contributed by atoms with Crippen LogP contribution in [0.5, 0.6) is 11.5 Å². The second-order valence-electron chi connectivity index (χ2n) is 10.2. The van der Waals surface area contributed by atoms with E-state index < -0.39 is 27.8 Å². The smallest absolute Gasteiger partial charge is 0.244 e. The van der Waals surface area contributed by atoms with Gasteiger partial charge >= 0.3 is 0 Å². The third-order valence-corrected chi connectivity index (χ3v) is 9.98. The molecule has 218 valence electrons. The van der Waals surface area contributed by atoms with Crippen LogP contribution in [0, 0.1) is 5.82 Å². The quantitative estimate of drug-likeness (QED) is 0.248. The average Bonchev–Trinajstić information content (AvgIpc) is 3.44. The maximum Gasteiger partial charge on any atom is 0.244 e. The maximum absolute atomic E-state index is 14.0. The molecule has 5 aromatic rings. The summed E-state index contributed by atoms with van der Waals surface area (Å²) in [5, 5.41) is 2.87. The lowest BCUT2D eigenvalue weighted by Gasteiger charge is -2.35. The molecule has 4 aromatic carbocycles. The first-order valence-electron chi connectivity index (χ1n) is 13.4. The number of halogens is 2. The zero-order chi connectivity index (χ0) is 29.7. The number of rotatable bonds is 5. The van der Waals surface area contributed by atoms with Crippen LogP contribution in [0.15, 0.2) is 92.6 Å². The van der Waals surface area contributed by atoms with Crippen LogP contribution in [0.2, 0.25) is 0 Å². The van der Waals surface area contributed by atoms with Crippen molar-refractivity contribution < 1.29 is 31.5 Å². The molecular formula is C31H23BrFN3O6S. The summed E-state index contributed by atoms with van der Waals surface area (Å²) in [6, 6.07) is 20.0. The van der Waals surface area contributed by atoms with Crippen molar-refractivity contribution in [2.45, 2.75) is 23.9 Å². The normalized spacial score (nSPS) is 16.6. The molecule has 1 unspecified atom stereocenters. The van der Waals surface area contributed by atoms with Crippen molar-refractivity contribution >= 4 is 48.6 Å². The van der Waals surface area contributed by atoms with E-state index in [9.17, 15) is 17.6 Å². The fourth-order valence-corrected chi connectivity index (χ4v) is 7.30. The van der Waals surface area contributed by atoms with Crippen LogP contribution in [0.4, 0.5) is 10.1 Å². The standard InChI is InChI=1S/C31H23BrFN3O6S/c32-24-8-5-20(33)14-23(24)31-35-25-15-21(6-9-27(25)42-31)34-30(37)26-13-18-3-1-2-4-19(18)17-36(26)43(38,39)22-7-10-28-29(16-22)41-12-11-40-28/h1-10,14-16,26H,11-13,17H2,(H,34,37). The minimum absolute atomic E-state index is 0.00832. The Bertz CT molecular complexity index is 2010. The number of ether oxygens (including phenoxy) is 2. The van der Waals surface area contributed by atoms with Gasteiger partial charge in [-0.3, -0.25) is 4.79 Å². The van der Waals surface area contributed by atoms with E-state index in [0.717, 1.165) is 11.1 Å². The van der Waals surface area contributed by atoms with Crippen molar-refractivity contribution in [1.82, 2.24) is 9.29 Å². The van der Waals surface area contributed by atoms with Crippen LogP contribution in [0.25, 0.3) is 22.6 Å². The van der Waals surface area contributed by atoms with Crippen LogP contribution in [0.1, 0.15) is 11.1 Å². The van der Waals surface area contributed by atoms with Gasteiger partial charge in [-0.15, -0.1) is 0 Å². The Morgan fingerprint density at radius 3 is 2.58 bits per heavy atom. The topological polar surface area (TPSA) is 111 Å². The van der Waals surface area contributed by atoms with E-state index >= 15 is 0 Å². The zero-order valence-corrected chi connectivity index (χ0v) is 24.8. The molecule has 12 heteroatoms. The number of anilines is 1. The Balaban J connectivity index is 1.20. The summed E-state index contributed by atoms with van der Waals surface area (Å²) >= 11 is 3.39. The Kier molecular flexibility index (Phi) is 6.91. The number of fused-ring (bicyclic) bond motifs is 3. The molecule has 1 amide bonds. The minimum Gasteiger partial charge on any atom is -0.486 e. The van der Waals surface area contributed by atoms with Gasteiger partial charge in [-0.2, -0.15) is 4.31 Å². The predicted molar refractivity (Wildman–Crippen MR) is 160 cm³/mol. The Hall–Kier alpha value is -4.26. The number of sulfonamides is 1. The molecule has 1 aromatic heterocycles. The second kappa shape index (κ2) is 10.8. The molecule has 0 saturated carbocycles. The molecular weight excluding hydrogens is 641 g/mol. The van der Waals surface area contributed by atoms with Crippen LogP contribution >= 0.6 is 15.9 Å². The first-order valence-corrected chi connectivity index (χ1v) is 15.6. The molecule has 0 fully saturated rings. The van der Waals surface area contributed by atoms with Crippen LogP contribution in [-0.2, 0) is 27.8 Å². The molecule has 1 atom stereocenters. The number of carbonyl (C=O) groups is 1. The van der Waals surface area contributed by atoms with E-state index in [-0.39, 0.29) is 23.8 Å². The molecule has 43 heavy (non-hydrogen) atoms. The fourth-order valence-electron chi connectivity index (χ4n) is 5.30. The molecule has 0 bridgehead atoms. The predicted octanol–water partition coefficient (Wildman–Crippen LogP) is 5.92. The molecule has 2 aliphatic heterocycles. The van der Waals surface area contributed by atoms with E-state index in [2.05, 4.69) is 26.2 Å². The summed E-state index contributed by atoms with van der Waals surface area (Å²) in [6.45, 7) is 0.725. The average molecular weight is 665 g/mol. The van der Waals surface area contributed by atoms with Gasteiger partial charge in [0.2, 0.25) is 21.8 Å². The van der Waals surface area contributed by atoms with Crippen molar-refractivity contribution in [3.63, 3.8) is 0 Å². The van der Waals surface area contributed by atoms with Crippen molar-refractivity contribution in [2.24, 2.45) is 0 Å². The number of carbonyl (C=O) groups excluding carboxylic acids is 1. The lowest BCUT2D eigenvalue weighted by Crippen LogP contribution is -2.50. The molecule has 7 rings (SSSR count). The van der Waals surface area contributed by atoms with Gasteiger partial charge in [-0.05, 0) is 82.0 Å². The number of benzene rings is 4. The summed E-state index contributed by atoms with van der Waals surface area (Å²) in [6.07, 6.45) is 0.190. The van der Waals surface area contributed by atoms with E-state index in [1.54, 1.807) is 30.3 Å². The van der Waals surface area contributed by atoms with Gasteiger partial charge in [0, 0.05) is 22.8 Å². The summed E-state index contributed by atoms with van der Waals surface area (Å²) < 4.78 is 60.7.